The van der Waals surface area contributed by atoms with E-state index in [1.54, 1.807) is 0 Å². The summed E-state index contributed by atoms with van der Waals surface area (Å²) in [6, 6.07) is 0.591. The number of nitrogens with zero attached hydrogens (tertiary/aromatic N) is 1. The predicted molar refractivity (Wildman–Crippen MR) is 77.1 cm³/mol. The second-order valence-corrected chi connectivity index (χ2v) is 5.84. The van der Waals surface area contributed by atoms with Crippen molar-refractivity contribution in [1.82, 2.24) is 10.2 Å². The molecule has 0 saturated carbocycles. The molecule has 17 heavy (non-hydrogen) atoms. The smallest absolute Gasteiger partial charge is 0.0601 e. The molecule has 0 aliphatic heterocycles. The highest BCUT2D eigenvalue weighted by Gasteiger charge is 2.12. The van der Waals surface area contributed by atoms with E-state index in [1.165, 1.54) is 19.3 Å². The van der Waals surface area contributed by atoms with Gasteiger partial charge in [0.15, 0.2) is 0 Å². The molecule has 0 aliphatic rings. The maximum atomic E-state index is 5.41. The summed E-state index contributed by atoms with van der Waals surface area (Å²) < 4.78 is 0. The molecule has 0 aromatic heterocycles. The molecule has 0 heterocycles. The van der Waals surface area contributed by atoms with Crippen LogP contribution in [0.25, 0.3) is 0 Å². The number of rotatable bonds is 8. The molecule has 100 valence electrons. The topological polar surface area (TPSA) is 15.3 Å². The molecule has 0 bridgehead atoms. The van der Waals surface area contributed by atoms with Gasteiger partial charge in [0.25, 0.3) is 0 Å². The third-order valence-corrected chi connectivity index (χ3v) is 2.88. The highest BCUT2D eigenvalue weighted by Crippen LogP contribution is 2.07. The molecule has 0 fully saturated rings. The first kappa shape index (κ1) is 16.5. The Balaban J connectivity index is 3.82. The van der Waals surface area contributed by atoms with Crippen molar-refractivity contribution in [3.05, 3.63) is 0 Å². The largest absolute Gasteiger partial charge is 0.312 e. The van der Waals surface area contributed by atoms with Crippen LogP contribution in [0.1, 0.15) is 53.9 Å². The molecule has 0 aromatic rings. The number of terminal acetylenes is 1. The number of hydrogen-bond acceptors (Lipinski definition) is 2. The van der Waals surface area contributed by atoms with Crippen LogP contribution in [0, 0.1) is 12.3 Å². The fourth-order valence-electron chi connectivity index (χ4n) is 1.90. The molecule has 1 N–H and O–H groups in total. The molecule has 0 radical (unpaired) electrons. The van der Waals surface area contributed by atoms with Crippen molar-refractivity contribution in [2.75, 3.05) is 19.6 Å². The van der Waals surface area contributed by atoms with E-state index in [0.717, 1.165) is 19.6 Å². The lowest BCUT2D eigenvalue weighted by Gasteiger charge is -2.27. The Bertz CT molecular complexity index is 222. The molecular formula is C15H30N2. The molecule has 2 heteroatoms. The molecule has 0 rings (SSSR count). The highest BCUT2D eigenvalue weighted by molar-refractivity contribution is 4.89. The third kappa shape index (κ3) is 9.21. The minimum atomic E-state index is 0.227. The first-order chi connectivity index (χ1) is 7.90. The summed E-state index contributed by atoms with van der Waals surface area (Å²) in [7, 11) is 0. The summed E-state index contributed by atoms with van der Waals surface area (Å²) in [5, 5.41) is 3.52. The zero-order valence-corrected chi connectivity index (χ0v) is 12.3. The quantitative estimate of drug-likeness (QED) is 0.517. The van der Waals surface area contributed by atoms with Gasteiger partial charge in [0.2, 0.25) is 0 Å². The van der Waals surface area contributed by atoms with Crippen LogP contribution < -0.4 is 5.32 Å². The van der Waals surface area contributed by atoms with Crippen molar-refractivity contribution in [1.29, 1.82) is 0 Å². The maximum absolute atomic E-state index is 5.41. The summed E-state index contributed by atoms with van der Waals surface area (Å²) >= 11 is 0. The minimum Gasteiger partial charge on any atom is -0.312 e. The second-order valence-electron chi connectivity index (χ2n) is 5.84. The van der Waals surface area contributed by atoms with Crippen LogP contribution in [0.4, 0.5) is 0 Å². The molecule has 2 nitrogen and oxygen atoms in total. The third-order valence-electron chi connectivity index (χ3n) is 2.88. The average Bonchev–Trinajstić information content (AvgIpc) is 2.22. The molecule has 0 amide bonds. The summed E-state index contributed by atoms with van der Waals surface area (Å²) in [6.45, 7) is 14.1. The number of nitrogens with one attached hydrogen (secondary N) is 1. The Hall–Kier alpha value is -0.520. The van der Waals surface area contributed by atoms with E-state index in [0.29, 0.717) is 6.04 Å². The molecule has 0 aliphatic carbocycles. The van der Waals surface area contributed by atoms with Gasteiger partial charge in [-0.15, -0.1) is 6.42 Å². The van der Waals surface area contributed by atoms with E-state index in [9.17, 15) is 0 Å². The first-order valence-corrected chi connectivity index (χ1v) is 6.83. The van der Waals surface area contributed by atoms with Crippen LogP contribution in [0.15, 0.2) is 0 Å². The molecule has 0 spiro atoms. The lowest BCUT2D eigenvalue weighted by atomic mass is 10.1. The Kier molecular flexibility index (Phi) is 8.29. The fourth-order valence-corrected chi connectivity index (χ4v) is 1.90. The van der Waals surface area contributed by atoms with Gasteiger partial charge in [-0.1, -0.05) is 12.8 Å². The van der Waals surface area contributed by atoms with Crippen molar-refractivity contribution in [3.63, 3.8) is 0 Å². The maximum Gasteiger partial charge on any atom is 0.0601 e. The minimum absolute atomic E-state index is 0.227. The highest BCUT2D eigenvalue weighted by atomic mass is 15.1. The Labute approximate surface area is 108 Å². The van der Waals surface area contributed by atoms with E-state index in [4.69, 9.17) is 6.42 Å². The van der Waals surface area contributed by atoms with Crippen LogP contribution in [-0.4, -0.2) is 36.1 Å². The normalized spacial score (nSPS) is 13.7. The Morgan fingerprint density at radius 1 is 1.35 bits per heavy atom. The van der Waals surface area contributed by atoms with E-state index in [-0.39, 0.29) is 5.54 Å². The zero-order chi connectivity index (χ0) is 13.3. The second kappa shape index (κ2) is 8.55. The lowest BCUT2D eigenvalue weighted by Crippen LogP contribution is -2.38. The van der Waals surface area contributed by atoms with Gasteiger partial charge in [0.05, 0.1) is 6.54 Å². The van der Waals surface area contributed by atoms with Gasteiger partial charge in [-0.05, 0) is 60.0 Å². The van der Waals surface area contributed by atoms with Gasteiger partial charge in [0.1, 0.15) is 0 Å². The van der Waals surface area contributed by atoms with E-state index >= 15 is 0 Å². The summed E-state index contributed by atoms with van der Waals surface area (Å²) in [5.74, 6) is 2.76. The monoisotopic (exact) mass is 238 g/mol. The van der Waals surface area contributed by atoms with Gasteiger partial charge in [-0.25, -0.2) is 0 Å². The van der Waals surface area contributed by atoms with E-state index in [1.807, 2.05) is 0 Å². The van der Waals surface area contributed by atoms with Crippen LogP contribution >= 0.6 is 0 Å². The summed E-state index contributed by atoms with van der Waals surface area (Å²) in [6.07, 6.45) is 9.00. The zero-order valence-electron chi connectivity index (χ0n) is 12.3. The Morgan fingerprint density at radius 2 is 2.00 bits per heavy atom. The van der Waals surface area contributed by atoms with Crippen LogP contribution in [0.2, 0.25) is 0 Å². The number of hydrogen-bond donors (Lipinski definition) is 1. The van der Waals surface area contributed by atoms with Gasteiger partial charge in [-0.3, -0.25) is 4.90 Å². The van der Waals surface area contributed by atoms with Gasteiger partial charge >= 0.3 is 0 Å². The summed E-state index contributed by atoms with van der Waals surface area (Å²) in [4.78, 5) is 2.40. The first-order valence-electron chi connectivity index (χ1n) is 6.83. The van der Waals surface area contributed by atoms with Crippen molar-refractivity contribution in [2.24, 2.45) is 0 Å². The molecule has 0 saturated heterocycles. The molecular weight excluding hydrogens is 208 g/mol. The fraction of sp³-hybridized carbons (Fsp3) is 0.867. The van der Waals surface area contributed by atoms with Gasteiger partial charge < -0.3 is 5.32 Å². The Morgan fingerprint density at radius 3 is 2.47 bits per heavy atom. The van der Waals surface area contributed by atoms with Gasteiger partial charge in [0, 0.05) is 11.6 Å². The molecule has 0 aromatic carbocycles. The standard InChI is InChI=1S/C15H30N2/c1-7-12-17(13-8-2)14(3)10-9-11-16-15(4,5)6/h1,14,16H,8-13H2,2-6H3. The van der Waals surface area contributed by atoms with Crippen molar-refractivity contribution >= 4 is 0 Å². The van der Waals surface area contributed by atoms with Crippen molar-refractivity contribution in [2.45, 2.75) is 65.5 Å². The SMILES string of the molecule is C#CCN(CCC)C(C)CCCNC(C)(C)C. The van der Waals surface area contributed by atoms with Crippen LogP contribution in [0.5, 0.6) is 0 Å². The van der Waals surface area contributed by atoms with Gasteiger partial charge in [-0.2, -0.15) is 0 Å². The molecule has 1 unspecified atom stereocenters. The van der Waals surface area contributed by atoms with E-state index < -0.39 is 0 Å². The van der Waals surface area contributed by atoms with E-state index in [2.05, 4.69) is 50.8 Å². The van der Waals surface area contributed by atoms with Crippen LogP contribution in [0.3, 0.4) is 0 Å². The average molecular weight is 238 g/mol. The predicted octanol–water partition coefficient (Wildman–Crippen LogP) is 2.89. The summed E-state index contributed by atoms with van der Waals surface area (Å²) in [5.41, 5.74) is 0.227. The van der Waals surface area contributed by atoms with Crippen LogP contribution in [-0.2, 0) is 0 Å². The molecule has 1 atom stereocenters. The lowest BCUT2D eigenvalue weighted by molar-refractivity contribution is 0.220. The van der Waals surface area contributed by atoms with Crippen molar-refractivity contribution in [3.8, 4) is 12.3 Å². The van der Waals surface area contributed by atoms with Crippen molar-refractivity contribution < 1.29 is 0 Å².